The molecule has 356 valence electrons. The molecule has 0 saturated carbocycles. The summed E-state index contributed by atoms with van der Waals surface area (Å²) in [4.78, 5) is 73.8. The molecule has 0 aromatic heterocycles. The molecule has 1 amide bonds. The molecule has 69 heavy (non-hydrogen) atoms. The van der Waals surface area contributed by atoms with Crippen molar-refractivity contribution in [3.8, 4) is 0 Å². The van der Waals surface area contributed by atoms with Gasteiger partial charge >= 0.3 is 0 Å². The maximum atomic E-state index is 14.7. The van der Waals surface area contributed by atoms with Gasteiger partial charge in [0, 0.05) is 111 Å². The molecule has 2 heterocycles. The highest BCUT2D eigenvalue weighted by Crippen LogP contribution is 2.44. The van der Waals surface area contributed by atoms with E-state index in [1.807, 2.05) is 89.8 Å². The fourth-order valence-electron chi connectivity index (χ4n) is 10.3. The third kappa shape index (κ3) is 11.6. The van der Waals surface area contributed by atoms with E-state index in [0.717, 1.165) is 11.1 Å². The number of Topliss-reactive ketones (excluding diaryl/α,β-unsaturated/α-hetero) is 4. The van der Waals surface area contributed by atoms with Gasteiger partial charge in [0.2, 0.25) is 5.91 Å². The van der Waals surface area contributed by atoms with Gasteiger partial charge in [-0.15, -0.1) is 0 Å². The first kappa shape index (κ1) is 50.2. The number of rotatable bonds is 14. The van der Waals surface area contributed by atoms with Crippen molar-refractivity contribution in [2.45, 2.75) is 32.6 Å². The van der Waals surface area contributed by atoms with Crippen LogP contribution in [0, 0.1) is 50.3 Å². The van der Waals surface area contributed by atoms with E-state index >= 15 is 0 Å². The van der Waals surface area contributed by atoms with E-state index < -0.39 is 17.8 Å². The van der Waals surface area contributed by atoms with Gasteiger partial charge < -0.3 is 15.5 Å². The van der Waals surface area contributed by atoms with Crippen LogP contribution in [0.2, 0.25) is 0 Å². The summed E-state index contributed by atoms with van der Waals surface area (Å²) >= 11 is 0. The number of likely N-dealkylation sites (tertiary alicyclic amines) is 2. The largest absolute Gasteiger partial charge is 0.348 e. The molecule has 2 fully saturated rings. The molecule has 9 nitrogen and oxygen atoms in total. The predicted octanol–water partition coefficient (Wildman–Crippen LogP) is 9.28. The zero-order valence-electron chi connectivity index (χ0n) is 40.3. The van der Waals surface area contributed by atoms with E-state index in [1.165, 1.54) is 16.5 Å². The number of carbonyl (C=O) groups is 5. The van der Waals surface area contributed by atoms with Gasteiger partial charge in [-0.1, -0.05) is 152 Å². The highest BCUT2D eigenvalue weighted by Gasteiger charge is 2.47. The minimum Gasteiger partial charge on any atom is -0.348 e. The van der Waals surface area contributed by atoms with Crippen LogP contribution in [0.3, 0.4) is 0 Å². The molecule has 10 heteroatoms. The molecule has 2 saturated heterocycles. The van der Waals surface area contributed by atoms with E-state index in [-0.39, 0.29) is 59.2 Å². The lowest BCUT2D eigenvalue weighted by Gasteiger charge is -2.43. The minimum absolute atomic E-state index is 0.0917. The number of amides is 1. The van der Waals surface area contributed by atoms with Crippen molar-refractivity contribution < 1.29 is 28.4 Å². The van der Waals surface area contributed by atoms with Crippen molar-refractivity contribution in [2.24, 2.45) is 29.4 Å². The smallest absolute Gasteiger partial charge is 0.236 e. The Bertz CT molecular complexity index is 2610. The number of halogens is 1. The highest BCUT2D eigenvalue weighted by molar-refractivity contribution is 6.03. The molecule has 0 radical (unpaired) electrons. The molecule has 0 bridgehead atoms. The summed E-state index contributed by atoms with van der Waals surface area (Å²) < 4.78 is 14.7. The minimum atomic E-state index is -0.630. The lowest BCUT2D eigenvalue weighted by molar-refractivity contribution is -0.130. The van der Waals surface area contributed by atoms with E-state index in [4.69, 9.17) is 5.73 Å². The summed E-state index contributed by atoms with van der Waals surface area (Å²) in [5.74, 6) is -3.16. The summed E-state index contributed by atoms with van der Waals surface area (Å²) in [5, 5.41) is 0. The zero-order valence-corrected chi connectivity index (χ0v) is 40.3. The average molecular weight is 927 g/mol. The molecule has 2 aliphatic heterocycles. The third-order valence-corrected chi connectivity index (χ3v) is 14.1. The first-order valence-corrected chi connectivity index (χ1v) is 23.8. The Morgan fingerprint density at radius 3 is 1.20 bits per heavy atom. The van der Waals surface area contributed by atoms with Crippen molar-refractivity contribution in [3.05, 3.63) is 214 Å². The fourth-order valence-corrected chi connectivity index (χ4v) is 10.3. The van der Waals surface area contributed by atoms with Crippen LogP contribution in [0.25, 0.3) is 0 Å². The third-order valence-electron chi connectivity index (χ3n) is 14.1. The molecule has 6 aromatic carbocycles. The quantitative estimate of drug-likeness (QED) is 0.107. The summed E-state index contributed by atoms with van der Waals surface area (Å²) in [6.07, 6.45) is 0. The van der Waals surface area contributed by atoms with Crippen LogP contribution < -0.4 is 5.73 Å². The van der Waals surface area contributed by atoms with Gasteiger partial charge in [0.25, 0.3) is 0 Å². The number of piperidine rings is 2. The van der Waals surface area contributed by atoms with E-state index in [0.29, 0.717) is 72.6 Å². The van der Waals surface area contributed by atoms with Gasteiger partial charge in [-0.2, -0.15) is 0 Å². The highest BCUT2D eigenvalue weighted by atomic mass is 19.1. The van der Waals surface area contributed by atoms with Crippen LogP contribution in [-0.4, -0.2) is 104 Å². The standard InChI is InChI=1S/C30H31FN2O3.C29H32N2O2/c1-20-23(15-10-16-26(20)31)28-24(29(35)21-11-6-4-7-12-21)17-33(19-27(34)32(2)3)18-25(28)30(36)22-13-8-5-9-14-22;1-20-10-9-15-24(21(20)2)27-25(28(32)22-11-5-3-6-12-22)18-31(17-16-30)19-26(27)29(33)23-13-7-4-8-14-23/h4-16,24-25,28H,17-19H2,1-3H3;3-15,25-27H,16-19,30H2,1-2H3/t24-,25-;25-,26-/m00/s1. The lowest BCUT2D eigenvalue weighted by atomic mass is 9.67. The van der Waals surface area contributed by atoms with E-state index in [2.05, 4.69) is 30.9 Å². The first-order valence-electron chi connectivity index (χ1n) is 23.8. The summed E-state index contributed by atoms with van der Waals surface area (Å²) in [5.41, 5.74) is 12.9. The Morgan fingerprint density at radius 2 is 0.841 bits per heavy atom. The van der Waals surface area contributed by atoms with Crippen LogP contribution in [0.1, 0.15) is 81.1 Å². The Labute approximate surface area is 406 Å². The van der Waals surface area contributed by atoms with Crippen LogP contribution >= 0.6 is 0 Å². The van der Waals surface area contributed by atoms with Crippen molar-refractivity contribution in [2.75, 3.05) is 59.9 Å². The number of likely N-dealkylation sites (N-methyl/N-ethyl adjacent to an activating group) is 1. The average Bonchev–Trinajstić information content (AvgIpc) is 3.38. The van der Waals surface area contributed by atoms with Crippen LogP contribution in [0.4, 0.5) is 4.39 Å². The van der Waals surface area contributed by atoms with Crippen LogP contribution in [0.15, 0.2) is 158 Å². The molecule has 6 aromatic rings. The van der Waals surface area contributed by atoms with E-state index in [1.54, 1.807) is 75.6 Å². The SMILES string of the molecule is Cc1c(F)cccc1C1[C@@H](C(=O)c2ccccc2)CN(CC(=O)N(C)C)C[C@@H]1C(=O)c1ccccc1.Cc1cccc(C2[C@@H](C(=O)c3ccccc3)CN(CCN)C[C@@H]2C(=O)c2ccccc2)c1C. The monoisotopic (exact) mass is 926 g/mol. The number of ketones is 4. The van der Waals surface area contributed by atoms with Crippen LogP contribution in [0.5, 0.6) is 0 Å². The molecule has 2 N–H and O–H groups in total. The summed E-state index contributed by atoms with van der Waals surface area (Å²) in [6.45, 7) is 8.93. The topological polar surface area (TPSA) is 121 Å². The molecule has 0 spiro atoms. The van der Waals surface area contributed by atoms with Crippen molar-refractivity contribution in [1.29, 1.82) is 0 Å². The van der Waals surface area contributed by atoms with Gasteiger partial charge in [-0.25, -0.2) is 4.39 Å². The Morgan fingerprint density at radius 1 is 0.493 bits per heavy atom. The van der Waals surface area contributed by atoms with Gasteiger partial charge in [-0.3, -0.25) is 28.9 Å². The molecule has 4 atom stereocenters. The molecule has 8 rings (SSSR count). The first-order chi connectivity index (χ1) is 33.3. The number of hydrogen-bond donors (Lipinski definition) is 1. The Hall–Kier alpha value is -6.72. The maximum absolute atomic E-state index is 14.7. The Balaban J connectivity index is 0.000000205. The van der Waals surface area contributed by atoms with Crippen molar-refractivity contribution in [3.63, 3.8) is 0 Å². The lowest BCUT2D eigenvalue weighted by Crippen LogP contribution is -2.52. The summed E-state index contributed by atoms with van der Waals surface area (Å²) in [6, 6.07) is 47.9. The number of nitrogens with two attached hydrogens (primary N) is 1. The molecule has 0 aliphatic carbocycles. The number of aryl methyl sites for hydroxylation is 1. The number of benzene rings is 6. The fraction of sp³-hybridized carbons (Fsp3) is 0.305. The van der Waals surface area contributed by atoms with Gasteiger partial charge in [0.05, 0.1) is 6.54 Å². The van der Waals surface area contributed by atoms with Crippen LogP contribution in [-0.2, 0) is 4.79 Å². The second-order valence-electron chi connectivity index (χ2n) is 18.7. The molecule has 0 unspecified atom stereocenters. The van der Waals surface area contributed by atoms with Gasteiger partial charge in [-0.05, 0) is 54.7 Å². The molecular weight excluding hydrogens is 864 g/mol. The van der Waals surface area contributed by atoms with E-state index in [9.17, 15) is 28.4 Å². The number of carbonyl (C=O) groups excluding carboxylic acids is 5. The number of hydrogen-bond acceptors (Lipinski definition) is 8. The number of nitrogens with zero attached hydrogens (tertiary/aromatic N) is 3. The second-order valence-corrected chi connectivity index (χ2v) is 18.7. The summed E-state index contributed by atoms with van der Waals surface area (Å²) in [7, 11) is 3.37. The maximum Gasteiger partial charge on any atom is 0.236 e. The van der Waals surface area contributed by atoms with Gasteiger partial charge in [0.15, 0.2) is 23.1 Å². The predicted molar refractivity (Wildman–Crippen MR) is 270 cm³/mol. The molecular formula is C59H63FN4O5. The zero-order chi connectivity index (χ0) is 49.2. The second kappa shape index (κ2) is 23.1. The van der Waals surface area contributed by atoms with Crippen molar-refractivity contribution in [1.82, 2.24) is 14.7 Å². The Kier molecular flexibility index (Phi) is 16.8. The molecule has 2 aliphatic rings. The van der Waals surface area contributed by atoms with Gasteiger partial charge in [0.1, 0.15) is 5.82 Å². The normalized spacial score (nSPS) is 18.9. The van der Waals surface area contributed by atoms with Crippen molar-refractivity contribution >= 4 is 29.0 Å².